The first-order valence-electron chi connectivity index (χ1n) is 32.5. The van der Waals surface area contributed by atoms with Gasteiger partial charge in [-0.1, -0.05) is 279 Å². The molecule has 0 atom stereocenters. The van der Waals surface area contributed by atoms with Crippen LogP contribution in [0.25, 0.3) is 64.9 Å². The van der Waals surface area contributed by atoms with Gasteiger partial charge in [-0.3, -0.25) is 19.6 Å². The molecule has 1 aliphatic heterocycles. The fourth-order valence-electron chi connectivity index (χ4n) is 11.6. The van der Waals surface area contributed by atoms with Crippen LogP contribution in [0.1, 0.15) is 183 Å². The number of nitrogens with zero attached hydrogens (tertiary/aromatic N) is 5. The summed E-state index contributed by atoms with van der Waals surface area (Å²) >= 11 is 0. The molecule has 6 nitrogen and oxygen atoms in total. The number of para-hydroxylation sites is 2. The zero-order valence-corrected chi connectivity index (χ0v) is 56.1. The van der Waals surface area contributed by atoms with E-state index in [0.29, 0.717) is 41.4 Å². The maximum absolute atomic E-state index is 5.59. The lowest BCUT2D eigenvalue weighted by Crippen LogP contribution is -1.95. The number of aryl methyl sites for hydroxylation is 1. The minimum Gasteiger partial charge on any atom is -0.493 e. The van der Waals surface area contributed by atoms with E-state index in [4.69, 9.17) is 4.74 Å². The summed E-state index contributed by atoms with van der Waals surface area (Å²) in [5, 5.41) is 17.3. The Hall–Kier alpha value is -9.00. The quantitative estimate of drug-likeness (QED) is 0.159. The minimum absolute atomic E-state index is 0.540. The summed E-state index contributed by atoms with van der Waals surface area (Å²) in [5.41, 5.74) is 13.4. The van der Waals surface area contributed by atoms with Gasteiger partial charge in [0.05, 0.1) is 23.8 Å². The first-order chi connectivity index (χ1) is 43.4. The van der Waals surface area contributed by atoms with Gasteiger partial charge in [-0.15, -0.1) is 0 Å². The highest BCUT2D eigenvalue weighted by Crippen LogP contribution is 2.34. The van der Waals surface area contributed by atoms with E-state index < -0.39 is 0 Å². The van der Waals surface area contributed by atoms with Crippen LogP contribution in [0.2, 0.25) is 0 Å². The van der Waals surface area contributed by atoms with Crippen molar-refractivity contribution in [3.05, 3.63) is 282 Å². The summed E-state index contributed by atoms with van der Waals surface area (Å²) in [6.07, 6.45) is 12.5. The molecule has 90 heavy (non-hydrogen) atoms. The van der Waals surface area contributed by atoms with Crippen LogP contribution < -0.4 is 4.74 Å². The number of rotatable bonds is 7. The Labute approximate surface area is 537 Å². The van der Waals surface area contributed by atoms with Crippen LogP contribution in [0.4, 0.5) is 0 Å². The van der Waals surface area contributed by atoms with Crippen LogP contribution in [-0.2, 0) is 13.5 Å². The highest BCUT2D eigenvalue weighted by molar-refractivity contribution is 5.88. The van der Waals surface area contributed by atoms with Gasteiger partial charge in [0.2, 0.25) is 0 Å². The number of aromatic nitrogens is 5. The van der Waals surface area contributed by atoms with Crippen molar-refractivity contribution in [1.29, 1.82) is 0 Å². The number of hydrogen-bond acceptors (Lipinski definition) is 5. The lowest BCUT2D eigenvalue weighted by Gasteiger charge is -2.10. The molecular formula is C84H95N5O. The molecule has 0 bridgehead atoms. The van der Waals surface area contributed by atoms with Crippen molar-refractivity contribution in [2.24, 2.45) is 7.05 Å². The predicted molar refractivity (Wildman–Crippen MR) is 388 cm³/mol. The normalized spacial score (nSPS) is 11.5. The Morgan fingerprint density at radius 3 is 1.46 bits per heavy atom. The van der Waals surface area contributed by atoms with Crippen molar-refractivity contribution in [3.8, 4) is 5.75 Å². The Morgan fingerprint density at radius 1 is 0.344 bits per heavy atom. The van der Waals surface area contributed by atoms with E-state index in [2.05, 4.69) is 305 Å². The SMILES string of the molecule is CC(C)c1ccc2ccccc2c1.CC(C)c1cccc2c1OCC2.CC(C)c1cccc2ccccc12.CC(C)c1cccc2cnccc12.CC(C)c1cccc2cnn(C)c12.CC(C)c1cccc2ncccc12.CC(C)c1cncc2ccccc12. The zero-order valence-electron chi connectivity index (χ0n) is 56.1. The van der Waals surface area contributed by atoms with Crippen LogP contribution in [0.15, 0.2) is 237 Å². The maximum atomic E-state index is 5.59. The second kappa shape index (κ2) is 32.5. The molecule has 0 saturated heterocycles. The van der Waals surface area contributed by atoms with Gasteiger partial charge in [-0.2, -0.15) is 5.10 Å². The first kappa shape index (κ1) is 66.9. The Morgan fingerprint density at radius 2 is 0.822 bits per heavy atom. The van der Waals surface area contributed by atoms with Crippen LogP contribution >= 0.6 is 0 Å². The summed E-state index contributed by atoms with van der Waals surface area (Å²) in [6, 6.07) is 70.4. The molecule has 9 aromatic carbocycles. The molecule has 0 aliphatic carbocycles. The van der Waals surface area contributed by atoms with Crippen molar-refractivity contribution < 1.29 is 4.74 Å². The molecule has 6 heteroatoms. The monoisotopic (exact) mass is 1190 g/mol. The Bertz CT molecular complexity index is 4010. The molecule has 0 fully saturated rings. The van der Waals surface area contributed by atoms with E-state index in [0.717, 1.165) is 24.3 Å². The number of fused-ring (bicyclic) bond motifs is 7. The molecule has 14 rings (SSSR count). The number of benzene rings is 9. The summed E-state index contributed by atoms with van der Waals surface area (Å²) in [6.45, 7) is 31.9. The number of hydrogen-bond donors (Lipinski definition) is 0. The summed E-state index contributed by atoms with van der Waals surface area (Å²) in [4.78, 5) is 12.7. The van der Waals surface area contributed by atoms with Gasteiger partial charge < -0.3 is 4.74 Å². The van der Waals surface area contributed by atoms with Gasteiger partial charge in [0.25, 0.3) is 0 Å². The van der Waals surface area contributed by atoms with Crippen molar-refractivity contribution in [1.82, 2.24) is 24.7 Å². The highest BCUT2D eigenvalue weighted by Gasteiger charge is 2.17. The summed E-state index contributed by atoms with van der Waals surface area (Å²) < 4.78 is 7.54. The van der Waals surface area contributed by atoms with E-state index in [1.807, 2.05) is 61.0 Å². The van der Waals surface area contributed by atoms with E-state index >= 15 is 0 Å². The first-order valence-corrected chi connectivity index (χ1v) is 32.5. The lowest BCUT2D eigenvalue weighted by atomic mass is 9.96. The number of pyridine rings is 3. The average Bonchev–Trinajstić information content (AvgIpc) is 1.82. The molecule has 5 heterocycles. The second-order valence-electron chi connectivity index (χ2n) is 25.6. The molecule has 0 spiro atoms. The zero-order chi connectivity index (χ0) is 64.3. The summed E-state index contributed by atoms with van der Waals surface area (Å²) in [7, 11) is 1.99. The van der Waals surface area contributed by atoms with E-state index in [9.17, 15) is 0 Å². The van der Waals surface area contributed by atoms with E-state index in [-0.39, 0.29) is 0 Å². The average molecular weight is 1190 g/mol. The largest absolute Gasteiger partial charge is 0.493 e. The minimum atomic E-state index is 0.540. The van der Waals surface area contributed by atoms with Crippen molar-refractivity contribution in [2.45, 2.75) is 145 Å². The third kappa shape index (κ3) is 17.4. The standard InChI is InChI=1S/2C13H14.3C12H13N.C11H14N2.C11H14O/c1-10(2)12-9-5-7-11-6-3-4-8-13(11)12;1-10(2)12-8-7-11-5-3-4-6-13(11)9-12;1-9(2)10-5-3-7-12-11(10)6-4-8-13-12;1-9(2)11-5-3-4-10-8-13-7-6-12(10)11;1-9(2)12-8-13-7-10-5-3-4-6-11(10)12;1-8(2)10-6-4-5-9-7-12-13(3)11(9)10;1-8(2)10-5-3-4-9-6-7-12-11(9)10/h2*3-10H,1-2H3;3*3-9H,1-2H3;4-8H,1-3H3;3-5,8H,6-7H2,1-2H3. The van der Waals surface area contributed by atoms with Crippen LogP contribution in [0.5, 0.6) is 5.75 Å². The van der Waals surface area contributed by atoms with Gasteiger partial charge in [-0.05, 0) is 136 Å². The molecule has 0 saturated carbocycles. The van der Waals surface area contributed by atoms with Gasteiger partial charge in [0, 0.05) is 66.0 Å². The molecule has 0 radical (unpaired) electrons. The third-order valence-electron chi connectivity index (χ3n) is 16.6. The van der Waals surface area contributed by atoms with Crippen LogP contribution in [0, 0.1) is 0 Å². The van der Waals surface area contributed by atoms with E-state index in [1.165, 1.54) is 104 Å². The highest BCUT2D eigenvalue weighted by atomic mass is 16.5. The van der Waals surface area contributed by atoms with Crippen LogP contribution in [0.3, 0.4) is 0 Å². The molecule has 1 aliphatic rings. The predicted octanol–water partition coefficient (Wildman–Crippen LogP) is 23.4. The van der Waals surface area contributed by atoms with Gasteiger partial charge in [-0.25, -0.2) is 0 Å². The van der Waals surface area contributed by atoms with Crippen LogP contribution in [-0.4, -0.2) is 31.3 Å². The third-order valence-corrected chi connectivity index (χ3v) is 16.6. The van der Waals surface area contributed by atoms with E-state index in [1.54, 1.807) is 0 Å². The molecule has 0 N–H and O–H groups in total. The lowest BCUT2D eigenvalue weighted by molar-refractivity contribution is 0.352. The summed E-state index contributed by atoms with van der Waals surface area (Å²) in [5.74, 6) is 5.16. The Balaban J connectivity index is 0.000000136. The number of ether oxygens (including phenoxy) is 1. The molecule has 0 amide bonds. The van der Waals surface area contributed by atoms with Gasteiger partial charge in [0.15, 0.2) is 0 Å². The topological polar surface area (TPSA) is 65.7 Å². The van der Waals surface area contributed by atoms with Crippen molar-refractivity contribution >= 4 is 64.9 Å². The Kier molecular flexibility index (Phi) is 24.2. The smallest absolute Gasteiger partial charge is 0.126 e. The van der Waals surface area contributed by atoms with Gasteiger partial charge >= 0.3 is 0 Å². The molecule has 0 unspecified atom stereocenters. The fraction of sp³-hybridized carbons (Fsp3) is 0.286. The molecular weight excluding hydrogens is 1090 g/mol. The molecule has 462 valence electrons. The molecule has 4 aromatic heterocycles. The van der Waals surface area contributed by atoms with Gasteiger partial charge in [0.1, 0.15) is 5.75 Å². The fourth-order valence-corrected chi connectivity index (χ4v) is 11.6. The second-order valence-corrected chi connectivity index (χ2v) is 25.6. The van der Waals surface area contributed by atoms with Crippen molar-refractivity contribution in [2.75, 3.05) is 6.61 Å². The molecule has 13 aromatic rings. The van der Waals surface area contributed by atoms with Crippen molar-refractivity contribution in [3.63, 3.8) is 0 Å². The maximum Gasteiger partial charge on any atom is 0.126 e.